The fraction of sp³-hybridized carbons (Fsp3) is 0.586. The summed E-state index contributed by atoms with van der Waals surface area (Å²) in [6.07, 6.45) is 1.21. The number of rotatable bonds is 10. The van der Waals surface area contributed by atoms with E-state index < -0.39 is 16.6 Å². The van der Waals surface area contributed by atoms with Crippen molar-refractivity contribution < 1.29 is 19.5 Å². The number of anilines is 2. The number of hydrogen-bond acceptors (Lipinski definition) is 9. The van der Waals surface area contributed by atoms with Crippen LogP contribution in [0.15, 0.2) is 26.2 Å². The number of carbonyl (C=O) groups is 3. The number of carbonyl (C=O) groups excluding carboxylic acids is 3. The van der Waals surface area contributed by atoms with Gasteiger partial charge >= 0.3 is 0 Å². The Morgan fingerprint density at radius 3 is 2.10 bits per heavy atom. The van der Waals surface area contributed by atoms with E-state index in [-0.39, 0.29) is 40.4 Å². The van der Waals surface area contributed by atoms with Crippen LogP contribution in [0.25, 0.3) is 5.57 Å². The third-order valence-corrected chi connectivity index (χ3v) is 10.1. The smallest absolute Gasteiger partial charge is 0.253 e. The summed E-state index contributed by atoms with van der Waals surface area (Å²) in [4.78, 5) is 58.0. The van der Waals surface area contributed by atoms with Crippen molar-refractivity contribution in [2.45, 2.75) is 75.2 Å². The van der Waals surface area contributed by atoms with Crippen LogP contribution >= 0.6 is 23.1 Å². The number of thiazole rings is 1. The number of aliphatic hydroxyl groups is 1. The predicted molar refractivity (Wildman–Crippen MR) is 170 cm³/mol. The highest BCUT2D eigenvalue weighted by atomic mass is 32.2. The van der Waals surface area contributed by atoms with Crippen molar-refractivity contribution in [3.8, 4) is 0 Å². The van der Waals surface area contributed by atoms with Gasteiger partial charge in [-0.15, -0.1) is 0 Å². The molecule has 0 fully saturated rings. The van der Waals surface area contributed by atoms with Crippen LogP contribution in [0.5, 0.6) is 0 Å². The summed E-state index contributed by atoms with van der Waals surface area (Å²) in [5.41, 5.74) is -1.19. The van der Waals surface area contributed by atoms with Crippen LogP contribution in [0.2, 0.25) is 0 Å². The molecule has 0 unspecified atom stereocenters. The maximum absolute atomic E-state index is 13.8. The number of aromatic nitrogens is 1. The lowest BCUT2D eigenvalue weighted by Crippen LogP contribution is -2.31. The minimum absolute atomic E-state index is 0.0676. The molecule has 1 aliphatic carbocycles. The van der Waals surface area contributed by atoms with Gasteiger partial charge in [-0.1, -0.05) is 52.9 Å². The summed E-state index contributed by atoms with van der Waals surface area (Å²) in [6.45, 7) is 19.2. The molecule has 2 amide bonds. The first kappa shape index (κ1) is 32.5. The lowest BCUT2D eigenvalue weighted by molar-refractivity contribution is -0.126. The Bertz CT molecular complexity index is 1360. The third-order valence-electron chi connectivity index (χ3n) is 7.83. The number of Topliss-reactive ketones (excluding diaryl/α,β-unsaturated/α-hetero) is 1. The second-order valence-electron chi connectivity index (χ2n) is 11.3. The molecular weight excluding hydrogens is 560 g/mol. The molecule has 1 aliphatic heterocycles. The van der Waals surface area contributed by atoms with Crippen molar-refractivity contribution >= 4 is 68.2 Å². The standard InChI is InChI=1S/C29H42N6O4S2/c1-11-28(6,7)24(38)30-22-20(40-26(32-22)34(10)13-3)16-18(36)17(19(16)37)21-23(31-25(39)29(8,9)12-2)33-27(41-21)35(14-4)15-5/h36H,11-15H2,1-10H3,(H,31,39)/b20-16-,30-22?. The van der Waals surface area contributed by atoms with Crippen LogP contribution in [0.4, 0.5) is 10.9 Å². The van der Waals surface area contributed by atoms with Gasteiger partial charge in [0.15, 0.2) is 22.0 Å². The van der Waals surface area contributed by atoms with E-state index >= 15 is 0 Å². The molecule has 0 spiro atoms. The van der Waals surface area contributed by atoms with Crippen molar-refractivity contribution in [3.63, 3.8) is 0 Å². The average molecular weight is 603 g/mol. The molecule has 0 bridgehead atoms. The SMILES string of the molecule is CCN(C)C1=NC(=NC(=O)C(C)(C)CC)/C(=C2/C(=O)C(c3sc(N(CC)CC)nc3NC(=O)C(C)(C)CC)=C2O)S1. The summed E-state index contributed by atoms with van der Waals surface area (Å²) < 4.78 is 0. The van der Waals surface area contributed by atoms with Crippen LogP contribution in [-0.4, -0.2) is 70.3 Å². The second-order valence-corrected chi connectivity index (χ2v) is 13.2. The summed E-state index contributed by atoms with van der Waals surface area (Å²) in [7, 11) is 1.86. The van der Waals surface area contributed by atoms with Crippen molar-refractivity contribution in [2.75, 3.05) is 36.9 Å². The minimum atomic E-state index is -0.697. The van der Waals surface area contributed by atoms with Gasteiger partial charge in [0, 0.05) is 37.5 Å². The number of hydrogen-bond donors (Lipinski definition) is 2. The highest BCUT2D eigenvalue weighted by molar-refractivity contribution is 8.18. The van der Waals surface area contributed by atoms with Gasteiger partial charge in [-0.2, -0.15) is 4.99 Å². The van der Waals surface area contributed by atoms with E-state index in [4.69, 9.17) is 0 Å². The van der Waals surface area contributed by atoms with Gasteiger partial charge in [-0.05, 0) is 45.4 Å². The summed E-state index contributed by atoms with van der Waals surface area (Å²) in [5, 5.41) is 15.5. The van der Waals surface area contributed by atoms with E-state index in [9.17, 15) is 19.5 Å². The fourth-order valence-electron chi connectivity index (χ4n) is 3.69. The van der Waals surface area contributed by atoms with E-state index in [1.165, 1.54) is 23.1 Å². The van der Waals surface area contributed by atoms with Crippen LogP contribution < -0.4 is 10.2 Å². The van der Waals surface area contributed by atoms with Crippen LogP contribution in [0.3, 0.4) is 0 Å². The van der Waals surface area contributed by atoms with E-state index in [1.54, 1.807) is 0 Å². The lowest BCUT2D eigenvalue weighted by atomic mass is 9.86. The number of allylic oxidation sites excluding steroid dienone is 2. The first-order chi connectivity index (χ1) is 19.2. The van der Waals surface area contributed by atoms with E-state index in [0.717, 1.165) is 0 Å². The Balaban J connectivity index is 2.16. The largest absolute Gasteiger partial charge is 0.506 e. The number of aliphatic hydroxyl groups excluding tert-OH is 1. The first-order valence-corrected chi connectivity index (χ1v) is 15.7. The Morgan fingerprint density at radius 2 is 1.59 bits per heavy atom. The van der Waals surface area contributed by atoms with Crippen molar-refractivity contribution in [1.82, 2.24) is 9.88 Å². The summed E-state index contributed by atoms with van der Waals surface area (Å²) in [5.74, 6) is -0.821. The number of amides is 2. The zero-order chi connectivity index (χ0) is 30.9. The van der Waals surface area contributed by atoms with Crippen LogP contribution in [0.1, 0.15) is 80.0 Å². The number of ketones is 1. The Morgan fingerprint density at radius 1 is 0.976 bits per heavy atom. The molecule has 0 atom stereocenters. The molecule has 3 rings (SSSR count). The highest BCUT2D eigenvalue weighted by Gasteiger charge is 2.44. The number of amidine groups is 2. The number of nitrogens with one attached hydrogen (secondary N) is 1. The molecule has 1 aromatic rings. The zero-order valence-corrected chi connectivity index (χ0v) is 27.4. The number of nitrogens with zero attached hydrogens (tertiary/aromatic N) is 5. The first-order valence-electron chi connectivity index (χ1n) is 14.1. The van der Waals surface area contributed by atoms with E-state index in [1.807, 2.05) is 79.2 Å². The van der Waals surface area contributed by atoms with E-state index in [2.05, 4.69) is 20.3 Å². The maximum atomic E-state index is 13.8. The Hall–Kier alpha value is -2.99. The molecule has 1 aromatic heterocycles. The zero-order valence-electron chi connectivity index (χ0n) is 25.8. The van der Waals surface area contributed by atoms with Gasteiger partial charge in [0.2, 0.25) is 11.7 Å². The van der Waals surface area contributed by atoms with Gasteiger partial charge in [0.05, 0.1) is 20.9 Å². The second kappa shape index (κ2) is 12.5. The molecule has 0 saturated heterocycles. The average Bonchev–Trinajstić information content (AvgIpc) is 3.53. The van der Waals surface area contributed by atoms with Crippen LogP contribution in [-0.2, 0) is 14.4 Å². The normalized spacial score (nSPS) is 18.5. The molecule has 10 nitrogen and oxygen atoms in total. The Kier molecular flexibility index (Phi) is 9.90. The third kappa shape index (κ3) is 6.28. The lowest BCUT2D eigenvalue weighted by Gasteiger charge is -2.24. The molecule has 224 valence electrons. The molecule has 12 heteroatoms. The fourth-order valence-corrected chi connectivity index (χ4v) is 5.96. The van der Waals surface area contributed by atoms with Crippen LogP contribution in [0, 0.1) is 10.8 Å². The minimum Gasteiger partial charge on any atom is -0.506 e. The number of thioether (sulfide) groups is 1. The van der Waals surface area contributed by atoms with Gasteiger partial charge < -0.3 is 20.2 Å². The molecule has 0 saturated carbocycles. The van der Waals surface area contributed by atoms with Gasteiger partial charge in [-0.3, -0.25) is 14.4 Å². The molecule has 0 radical (unpaired) electrons. The van der Waals surface area contributed by atoms with Crippen molar-refractivity contribution in [2.24, 2.45) is 20.8 Å². The maximum Gasteiger partial charge on any atom is 0.253 e. The summed E-state index contributed by atoms with van der Waals surface area (Å²) >= 11 is 2.46. The summed E-state index contributed by atoms with van der Waals surface area (Å²) in [6, 6.07) is 0. The molecule has 2 N–H and O–H groups in total. The molecule has 41 heavy (non-hydrogen) atoms. The van der Waals surface area contributed by atoms with Crippen molar-refractivity contribution in [3.05, 3.63) is 21.1 Å². The number of aliphatic imine (C=N–C) groups is 2. The monoisotopic (exact) mass is 602 g/mol. The topological polar surface area (TPSA) is 128 Å². The highest BCUT2D eigenvalue weighted by Crippen LogP contribution is 2.48. The van der Waals surface area contributed by atoms with Gasteiger partial charge in [-0.25, -0.2) is 9.98 Å². The van der Waals surface area contributed by atoms with E-state index in [0.29, 0.717) is 52.6 Å². The Labute approximate surface area is 251 Å². The quantitative estimate of drug-likeness (QED) is 0.318. The van der Waals surface area contributed by atoms with Gasteiger partial charge in [0.25, 0.3) is 5.91 Å². The van der Waals surface area contributed by atoms with Gasteiger partial charge in [0.1, 0.15) is 5.76 Å². The predicted octanol–water partition coefficient (Wildman–Crippen LogP) is 5.89. The molecule has 0 aromatic carbocycles. The molecule has 2 aliphatic rings. The van der Waals surface area contributed by atoms with Crippen molar-refractivity contribution in [1.29, 1.82) is 0 Å². The molecule has 2 heterocycles. The molecular formula is C29H42N6O4S2.